The quantitative estimate of drug-likeness (QED) is 0.428. The molecule has 0 aliphatic carbocycles. The van der Waals surface area contributed by atoms with Gasteiger partial charge in [-0.3, -0.25) is 0 Å². The molecule has 1 aromatic heterocycles. The number of nitrogens with one attached hydrogen (secondary N) is 1. The molecule has 0 fully saturated rings. The Labute approximate surface area is 205 Å². The van der Waals surface area contributed by atoms with Gasteiger partial charge in [0, 0.05) is 17.8 Å². The van der Waals surface area contributed by atoms with Gasteiger partial charge in [-0.1, -0.05) is 49.3 Å². The lowest BCUT2D eigenvalue weighted by molar-refractivity contribution is 0.355. The number of nitrogens with zero attached hydrogens (tertiary/aromatic N) is 3. The van der Waals surface area contributed by atoms with Crippen LogP contribution in [-0.2, 0) is 0 Å². The van der Waals surface area contributed by atoms with Crippen molar-refractivity contribution in [3.63, 3.8) is 0 Å². The van der Waals surface area contributed by atoms with Crippen LogP contribution in [0.1, 0.15) is 44.7 Å². The molecule has 178 valence electrons. The Morgan fingerprint density at radius 1 is 1.09 bits per heavy atom. The molecule has 1 N–H and O–H groups in total. The van der Waals surface area contributed by atoms with E-state index >= 15 is 0 Å². The Morgan fingerprint density at radius 2 is 1.82 bits per heavy atom. The van der Waals surface area contributed by atoms with Crippen molar-refractivity contribution < 1.29 is 14.0 Å². The smallest absolute Gasteiger partial charge is 0.258 e. The Hall–Kier alpha value is -3.39. The van der Waals surface area contributed by atoms with Crippen LogP contribution in [0.3, 0.4) is 0 Å². The summed E-state index contributed by atoms with van der Waals surface area (Å²) in [5, 5.41) is 8.48. The summed E-state index contributed by atoms with van der Waals surface area (Å²) in [7, 11) is 3.21. The maximum Gasteiger partial charge on any atom is 0.258 e. The van der Waals surface area contributed by atoms with Gasteiger partial charge in [-0.05, 0) is 55.2 Å². The van der Waals surface area contributed by atoms with E-state index in [-0.39, 0.29) is 6.04 Å². The number of ether oxygens (including phenoxy) is 2. The van der Waals surface area contributed by atoms with Gasteiger partial charge in [-0.2, -0.15) is 4.98 Å². The van der Waals surface area contributed by atoms with E-state index < -0.39 is 0 Å². The molecule has 0 saturated heterocycles. The van der Waals surface area contributed by atoms with E-state index in [1.54, 1.807) is 14.2 Å². The predicted molar refractivity (Wildman–Crippen MR) is 137 cm³/mol. The minimum Gasteiger partial charge on any atom is -0.493 e. The third-order valence-electron chi connectivity index (χ3n) is 5.96. The average molecular weight is 479 g/mol. The van der Waals surface area contributed by atoms with Gasteiger partial charge in [0.05, 0.1) is 25.8 Å². The summed E-state index contributed by atoms with van der Waals surface area (Å²) in [6, 6.07) is 15.5. The van der Waals surface area contributed by atoms with Crippen LogP contribution in [0.5, 0.6) is 11.5 Å². The lowest BCUT2D eigenvalue weighted by atomic mass is 9.94. The molecular weight excluding hydrogens is 448 g/mol. The molecule has 0 radical (unpaired) electrons. The largest absolute Gasteiger partial charge is 0.493 e. The first-order valence-corrected chi connectivity index (χ1v) is 11.7. The minimum absolute atomic E-state index is 0.192. The highest BCUT2D eigenvalue weighted by Gasteiger charge is 2.34. The van der Waals surface area contributed by atoms with E-state index in [0.717, 1.165) is 35.4 Å². The molecule has 0 amide bonds. The lowest BCUT2D eigenvalue weighted by Gasteiger charge is -2.37. The first kappa shape index (κ1) is 23.8. The summed E-state index contributed by atoms with van der Waals surface area (Å²) in [5.41, 5.74) is 3.79. The van der Waals surface area contributed by atoms with Crippen LogP contribution in [0.2, 0.25) is 0 Å². The van der Waals surface area contributed by atoms with E-state index in [2.05, 4.69) is 48.3 Å². The summed E-state index contributed by atoms with van der Waals surface area (Å²) < 4.78 is 16.6. The molecule has 3 aromatic rings. The SMILES string of the molecule is COc1ccc(-c2noc(C3=C(C)N(CCC(C)C)C(=S)NC3c3ccccc3)n2)cc1OC. The molecule has 2 heterocycles. The predicted octanol–water partition coefficient (Wildman–Crippen LogP) is 5.46. The molecule has 0 bridgehead atoms. The third-order valence-corrected chi connectivity index (χ3v) is 6.30. The summed E-state index contributed by atoms with van der Waals surface area (Å²) in [6.45, 7) is 7.30. The van der Waals surface area contributed by atoms with Gasteiger partial charge in [0.1, 0.15) is 0 Å². The molecule has 4 rings (SSSR count). The average Bonchev–Trinajstić information content (AvgIpc) is 3.33. The maximum atomic E-state index is 5.82. The number of allylic oxidation sites excluding steroid dienone is 1. The molecule has 0 saturated carbocycles. The fourth-order valence-corrected chi connectivity index (χ4v) is 4.38. The van der Waals surface area contributed by atoms with Crippen LogP contribution < -0.4 is 14.8 Å². The van der Waals surface area contributed by atoms with Crippen LogP contribution in [0, 0.1) is 5.92 Å². The zero-order valence-electron chi connectivity index (χ0n) is 20.2. The van der Waals surface area contributed by atoms with Crippen LogP contribution in [-0.4, -0.2) is 40.9 Å². The molecule has 1 aliphatic rings. The Bertz CT molecular complexity index is 1190. The highest BCUT2D eigenvalue weighted by Crippen LogP contribution is 2.38. The fraction of sp³-hybridized carbons (Fsp3) is 0.346. The van der Waals surface area contributed by atoms with Crippen LogP contribution in [0.4, 0.5) is 0 Å². The van der Waals surface area contributed by atoms with Crippen molar-refractivity contribution in [3.05, 3.63) is 65.7 Å². The Kier molecular flexibility index (Phi) is 7.17. The van der Waals surface area contributed by atoms with Crippen molar-refractivity contribution in [2.45, 2.75) is 33.2 Å². The van der Waals surface area contributed by atoms with Crippen LogP contribution in [0.25, 0.3) is 17.0 Å². The fourth-order valence-electron chi connectivity index (χ4n) is 4.04. The third kappa shape index (κ3) is 4.77. The summed E-state index contributed by atoms with van der Waals surface area (Å²) >= 11 is 5.76. The molecule has 1 unspecified atom stereocenters. The number of hydrogen-bond acceptors (Lipinski definition) is 6. The molecular formula is C26H30N4O3S. The number of thiocarbonyl (C=S) groups is 1. The van der Waals surface area contributed by atoms with Crippen molar-refractivity contribution in [3.8, 4) is 22.9 Å². The van der Waals surface area contributed by atoms with Gasteiger partial charge < -0.3 is 24.2 Å². The van der Waals surface area contributed by atoms with Crippen LogP contribution in [0.15, 0.2) is 58.8 Å². The highest BCUT2D eigenvalue weighted by atomic mass is 32.1. The van der Waals surface area contributed by atoms with Gasteiger partial charge >= 0.3 is 0 Å². The maximum absolute atomic E-state index is 5.82. The number of methoxy groups -OCH3 is 2. The molecule has 2 aromatic carbocycles. The molecule has 7 nitrogen and oxygen atoms in total. The molecule has 1 aliphatic heterocycles. The van der Waals surface area contributed by atoms with E-state index in [0.29, 0.717) is 34.2 Å². The first-order chi connectivity index (χ1) is 16.4. The molecule has 1 atom stereocenters. The first-order valence-electron chi connectivity index (χ1n) is 11.3. The highest BCUT2D eigenvalue weighted by molar-refractivity contribution is 7.80. The molecule has 0 spiro atoms. The molecule has 34 heavy (non-hydrogen) atoms. The lowest BCUT2D eigenvalue weighted by Crippen LogP contribution is -2.46. The zero-order valence-corrected chi connectivity index (χ0v) is 21.0. The Morgan fingerprint density at radius 3 is 2.50 bits per heavy atom. The van der Waals surface area contributed by atoms with Crippen LogP contribution >= 0.6 is 12.2 Å². The number of rotatable bonds is 8. The standard InChI is InChI=1S/C26H30N4O3S/c1-16(2)13-14-30-17(3)22(23(27-26(30)34)18-9-7-6-8-10-18)25-28-24(29-33-25)19-11-12-20(31-4)21(15-19)32-5/h6-12,15-16,23H,13-14H2,1-5H3,(H,27,34). The second kappa shape index (κ2) is 10.3. The summed E-state index contributed by atoms with van der Waals surface area (Å²) in [6.07, 6.45) is 1.02. The van der Waals surface area contributed by atoms with Crippen molar-refractivity contribution in [1.29, 1.82) is 0 Å². The van der Waals surface area contributed by atoms with Gasteiger partial charge in [-0.25, -0.2) is 0 Å². The van der Waals surface area contributed by atoms with Gasteiger partial charge in [0.15, 0.2) is 16.6 Å². The summed E-state index contributed by atoms with van der Waals surface area (Å²) in [4.78, 5) is 6.90. The molecule has 8 heteroatoms. The van der Waals surface area contributed by atoms with E-state index in [4.69, 9.17) is 31.2 Å². The zero-order chi connectivity index (χ0) is 24.2. The van der Waals surface area contributed by atoms with Crippen molar-refractivity contribution in [2.24, 2.45) is 5.92 Å². The second-order valence-corrected chi connectivity index (χ2v) is 9.01. The van der Waals surface area contributed by atoms with Gasteiger partial charge in [0.2, 0.25) is 5.82 Å². The Balaban J connectivity index is 1.77. The van der Waals surface area contributed by atoms with Crippen molar-refractivity contribution in [2.75, 3.05) is 20.8 Å². The van der Waals surface area contributed by atoms with Gasteiger partial charge in [-0.15, -0.1) is 0 Å². The van der Waals surface area contributed by atoms with E-state index in [9.17, 15) is 0 Å². The number of hydrogen-bond donors (Lipinski definition) is 1. The second-order valence-electron chi connectivity index (χ2n) is 8.62. The normalized spacial score (nSPS) is 16.1. The topological polar surface area (TPSA) is 72.7 Å². The summed E-state index contributed by atoms with van der Waals surface area (Å²) in [5.74, 6) is 2.74. The monoisotopic (exact) mass is 478 g/mol. The number of aromatic nitrogens is 2. The minimum atomic E-state index is -0.192. The van der Waals surface area contributed by atoms with Gasteiger partial charge in [0.25, 0.3) is 5.89 Å². The van der Waals surface area contributed by atoms with Crippen molar-refractivity contribution >= 4 is 22.9 Å². The van der Waals surface area contributed by atoms with E-state index in [1.165, 1.54) is 0 Å². The van der Waals surface area contributed by atoms with E-state index in [1.807, 2.05) is 36.4 Å². The van der Waals surface area contributed by atoms with Crippen molar-refractivity contribution in [1.82, 2.24) is 20.4 Å². The number of benzene rings is 2.